The molecule has 100 valence electrons. The van der Waals surface area contributed by atoms with Crippen LogP contribution in [0.15, 0.2) is 15.9 Å². The highest BCUT2D eigenvalue weighted by molar-refractivity contribution is 9.11. The van der Waals surface area contributed by atoms with Crippen LogP contribution in [0.2, 0.25) is 0 Å². The zero-order valence-corrected chi connectivity index (χ0v) is 13.2. The second kappa shape index (κ2) is 6.17. The molecule has 1 unspecified atom stereocenters. The van der Waals surface area contributed by atoms with E-state index in [1.807, 2.05) is 17.9 Å². The van der Waals surface area contributed by atoms with Crippen LogP contribution in [0.4, 0.5) is 0 Å². The lowest BCUT2D eigenvalue weighted by atomic mass is 9.88. The first-order valence-electron chi connectivity index (χ1n) is 6.35. The number of nitrogens with zero attached hydrogens (tertiary/aromatic N) is 1. The summed E-state index contributed by atoms with van der Waals surface area (Å²) in [5, 5.41) is 3.23. The Morgan fingerprint density at radius 2 is 2.33 bits per heavy atom. The van der Waals surface area contributed by atoms with Crippen molar-refractivity contribution in [1.29, 1.82) is 0 Å². The van der Waals surface area contributed by atoms with E-state index in [4.69, 9.17) is 0 Å². The van der Waals surface area contributed by atoms with Gasteiger partial charge in [-0.2, -0.15) is 0 Å². The molecule has 1 amide bonds. The third-order valence-electron chi connectivity index (χ3n) is 3.58. The van der Waals surface area contributed by atoms with Crippen molar-refractivity contribution < 1.29 is 4.79 Å². The average molecular weight is 331 g/mol. The number of carbonyl (C=O) groups is 1. The minimum absolute atomic E-state index is 0.134. The van der Waals surface area contributed by atoms with Crippen LogP contribution >= 0.6 is 27.3 Å². The maximum atomic E-state index is 12.4. The van der Waals surface area contributed by atoms with E-state index in [9.17, 15) is 4.79 Å². The minimum atomic E-state index is 0.134. The number of nitrogens with one attached hydrogen (secondary N) is 1. The van der Waals surface area contributed by atoms with Crippen LogP contribution in [-0.2, 0) is 11.3 Å². The zero-order valence-electron chi connectivity index (χ0n) is 10.8. The highest BCUT2D eigenvalue weighted by Gasteiger charge is 2.31. The molecular formula is C13H19BrN2OS. The van der Waals surface area contributed by atoms with E-state index in [1.54, 1.807) is 11.3 Å². The summed E-state index contributed by atoms with van der Waals surface area (Å²) in [5.41, 5.74) is 0. The van der Waals surface area contributed by atoms with Gasteiger partial charge in [-0.25, -0.2) is 0 Å². The fourth-order valence-electron chi connectivity index (χ4n) is 2.12. The number of halogens is 1. The van der Waals surface area contributed by atoms with E-state index < -0.39 is 0 Å². The first kappa shape index (κ1) is 14.0. The predicted molar refractivity (Wildman–Crippen MR) is 78.6 cm³/mol. The van der Waals surface area contributed by atoms with Crippen LogP contribution in [0.3, 0.4) is 0 Å². The summed E-state index contributed by atoms with van der Waals surface area (Å²) in [6.45, 7) is 7.58. The van der Waals surface area contributed by atoms with Crippen LogP contribution in [0, 0.1) is 11.8 Å². The molecule has 5 heteroatoms. The molecule has 18 heavy (non-hydrogen) atoms. The van der Waals surface area contributed by atoms with Crippen molar-refractivity contribution in [2.75, 3.05) is 19.6 Å². The molecule has 0 spiro atoms. The minimum Gasteiger partial charge on any atom is -0.338 e. The van der Waals surface area contributed by atoms with Gasteiger partial charge in [0.2, 0.25) is 5.91 Å². The van der Waals surface area contributed by atoms with E-state index in [2.05, 4.69) is 34.2 Å². The van der Waals surface area contributed by atoms with E-state index in [0.717, 1.165) is 30.0 Å². The number of rotatable bonds is 5. The molecule has 1 aromatic heterocycles. The molecule has 1 atom stereocenters. The molecule has 0 saturated carbocycles. The van der Waals surface area contributed by atoms with Crippen molar-refractivity contribution >= 4 is 33.2 Å². The van der Waals surface area contributed by atoms with Gasteiger partial charge in [0.25, 0.3) is 0 Å². The highest BCUT2D eigenvalue weighted by atomic mass is 79.9. The van der Waals surface area contributed by atoms with Gasteiger partial charge in [0.05, 0.1) is 10.3 Å². The largest absolute Gasteiger partial charge is 0.338 e. The van der Waals surface area contributed by atoms with Crippen molar-refractivity contribution in [3.63, 3.8) is 0 Å². The second-order valence-corrected chi connectivity index (χ2v) is 7.31. The van der Waals surface area contributed by atoms with Crippen molar-refractivity contribution in [2.24, 2.45) is 11.8 Å². The Balaban J connectivity index is 1.96. The third kappa shape index (κ3) is 3.13. The van der Waals surface area contributed by atoms with E-state index in [0.29, 0.717) is 5.92 Å². The molecule has 2 heterocycles. The number of carbonyl (C=O) groups excluding carboxylic acids is 1. The Morgan fingerprint density at radius 1 is 1.61 bits per heavy atom. The summed E-state index contributed by atoms with van der Waals surface area (Å²) in [4.78, 5) is 15.6. The van der Waals surface area contributed by atoms with Crippen molar-refractivity contribution in [3.05, 3.63) is 20.8 Å². The van der Waals surface area contributed by atoms with E-state index in [-0.39, 0.29) is 11.8 Å². The van der Waals surface area contributed by atoms with Gasteiger partial charge in [0.15, 0.2) is 0 Å². The van der Waals surface area contributed by atoms with Crippen LogP contribution in [0.25, 0.3) is 0 Å². The summed E-state index contributed by atoms with van der Waals surface area (Å²) < 4.78 is 1.12. The molecule has 0 aliphatic carbocycles. The molecule has 1 N–H and O–H groups in total. The Labute approximate surface area is 121 Å². The first-order chi connectivity index (χ1) is 8.61. The van der Waals surface area contributed by atoms with E-state index >= 15 is 0 Å². The fourth-order valence-corrected chi connectivity index (χ4v) is 3.62. The molecular weight excluding hydrogens is 312 g/mol. The Morgan fingerprint density at radius 3 is 2.78 bits per heavy atom. The number of hydrogen-bond donors (Lipinski definition) is 1. The Bertz CT molecular complexity index is 417. The molecule has 0 aromatic carbocycles. The van der Waals surface area contributed by atoms with Crippen LogP contribution in [0.1, 0.15) is 18.7 Å². The van der Waals surface area contributed by atoms with Crippen molar-refractivity contribution in [3.8, 4) is 0 Å². The topological polar surface area (TPSA) is 32.3 Å². The molecule has 0 bridgehead atoms. The van der Waals surface area contributed by atoms with Gasteiger partial charge in [0.1, 0.15) is 0 Å². The lowest BCUT2D eigenvalue weighted by Gasteiger charge is -2.34. The Kier molecular flexibility index (Phi) is 4.81. The van der Waals surface area contributed by atoms with Crippen LogP contribution in [0.5, 0.6) is 0 Å². The summed E-state index contributed by atoms with van der Waals surface area (Å²) in [6, 6.07) is 4.12. The first-order valence-corrected chi connectivity index (χ1v) is 7.96. The number of hydrogen-bond acceptors (Lipinski definition) is 3. The van der Waals surface area contributed by atoms with Crippen molar-refractivity contribution in [2.45, 2.75) is 20.4 Å². The lowest BCUT2D eigenvalue weighted by Crippen LogP contribution is -2.50. The maximum Gasteiger partial charge on any atom is 0.226 e. The highest BCUT2D eigenvalue weighted by Crippen LogP contribution is 2.25. The van der Waals surface area contributed by atoms with Gasteiger partial charge < -0.3 is 10.2 Å². The molecule has 1 saturated heterocycles. The van der Waals surface area contributed by atoms with Gasteiger partial charge in [-0.15, -0.1) is 11.3 Å². The van der Waals surface area contributed by atoms with E-state index in [1.165, 1.54) is 4.88 Å². The zero-order chi connectivity index (χ0) is 13.1. The number of amides is 1. The number of thiophene rings is 1. The fraction of sp³-hybridized carbons (Fsp3) is 0.615. The monoisotopic (exact) mass is 330 g/mol. The molecule has 3 nitrogen and oxygen atoms in total. The van der Waals surface area contributed by atoms with Crippen molar-refractivity contribution in [1.82, 2.24) is 10.2 Å². The smallest absolute Gasteiger partial charge is 0.226 e. The van der Waals surface area contributed by atoms with Gasteiger partial charge in [-0.05, 0) is 54.0 Å². The Hall–Kier alpha value is -0.390. The van der Waals surface area contributed by atoms with Gasteiger partial charge in [-0.3, -0.25) is 4.79 Å². The van der Waals surface area contributed by atoms with Gasteiger partial charge >= 0.3 is 0 Å². The molecule has 1 aliphatic rings. The standard InChI is InChI=1S/C13H19BrN2OS/c1-3-16(8-11-4-5-12(14)18-11)13(17)9(2)10-6-15-7-10/h4-5,9-10,15H,3,6-8H2,1-2H3. The lowest BCUT2D eigenvalue weighted by molar-refractivity contribution is -0.137. The molecule has 0 radical (unpaired) electrons. The summed E-state index contributed by atoms with van der Waals surface area (Å²) >= 11 is 5.16. The summed E-state index contributed by atoms with van der Waals surface area (Å²) in [7, 11) is 0. The quantitative estimate of drug-likeness (QED) is 0.900. The third-order valence-corrected chi connectivity index (χ3v) is 5.19. The SMILES string of the molecule is CCN(Cc1ccc(Br)s1)C(=O)C(C)C1CNC1. The molecule has 2 rings (SSSR count). The molecule has 1 aliphatic heterocycles. The molecule has 1 fully saturated rings. The molecule has 1 aromatic rings. The van der Waals surface area contributed by atoms with Gasteiger partial charge in [0, 0.05) is 17.3 Å². The van der Waals surface area contributed by atoms with Gasteiger partial charge in [-0.1, -0.05) is 6.92 Å². The normalized spacial score (nSPS) is 17.3. The maximum absolute atomic E-state index is 12.4. The predicted octanol–water partition coefficient (Wildman–Crippen LogP) is 2.71. The van der Waals surface area contributed by atoms with Crippen LogP contribution < -0.4 is 5.32 Å². The summed E-state index contributed by atoms with van der Waals surface area (Å²) in [5.74, 6) is 0.935. The summed E-state index contributed by atoms with van der Waals surface area (Å²) in [6.07, 6.45) is 0. The second-order valence-electron chi connectivity index (χ2n) is 4.77. The average Bonchev–Trinajstić information content (AvgIpc) is 2.68. The van der Waals surface area contributed by atoms with Crippen LogP contribution in [-0.4, -0.2) is 30.4 Å².